The van der Waals surface area contributed by atoms with Gasteiger partial charge in [-0.1, -0.05) is 18.2 Å². The van der Waals surface area contributed by atoms with E-state index in [4.69, 9.17) is 4.74 Å². The number of nitrogens with one attached hydrogen (secondary N) is 1. The average Bonchev–Trinajstić information content (AvgIpc) is 2.85. The van der Waals surface area contributed by atoms with Crippen LogP contribution in [0.4, 0.5) is 5.69 Å². The molecule has 108 valence electrons. The van der Waals surface area contributed by atoms with Crippen molar-refractivity contribution in [2.75, 3.05) is 11.3 Å². The summed E-state index contributed by atoms with van der Waals surface area (Å²) in [5, 5.41) is 0. The second-order valence-corrected chi connectivity index (χ2v) is 8.33. The van der Waals surface area contributed by atoms with Crippen LogP contribution in [0.25, 0.3) is 0 Å². The summed E-state index contributed by atoms with van der Waals surface area (Å²) >= 11 is 4.44. The number of benzene rings is 1. The van der Waals surface area contributed by atoms with Gasteiger partial charge in [0.1, 0.15) is 4.21 Å². The van der Waals surface area contributed by atoms with E-state index in [2.05, 4.69) is 20.7 Å². The molecule has 1 heterocycles. The minimum absolute atomic E-state index is 0.274. The van der Waals surface area contributed by atoms with Crippen LogP contribution in [0, 0.1) is 0 Å². The van der Waals surface area contributed by atoms with Gasteiger partial charge in [-0.15, -0.1) is 11.3 Å². The highest BCUT2D eigenvalue weighted by Gasteiger charge is 2.17. The maximum Gasteiger partial charge on any atom is 0.271 e. The standard InChI is InChI=1S/C13H14BrNO3S2/c1-2-18-9-10-5-3-4-6-11(10)15-20(16,17)13-8-7-12(14)19-13/h3-8,15H,2,9H2,1H3. The molecule has 0 fully saturated rings. The molecule has 2 rings (SSSR count). The van der Waals surface area contributed by atoms with Crippen LogP contribution in [0.15, 0.2) is 44.4 Å². The quantitative estimate of drug-likeness (QED) is 0.833. The molecular weight excluding hydrogens is 362 g/mol. The molecule has 0 spiro atoms. The number of ether oxygens (including phenoxy) is 1. The highest BCUT2D eigenvalue weighted by Crippen LogP contribution is 2.28. The van der Waals surface area contributed by atoms with Crippen LogP contribution in [0.3, 0.4) is 0 Å². The Morgan fingerprint density at radius 1 is 1.25 bits per heavy atom. The Balaban J connectivity index is 2.25. The summed E-state index contributed by atoms with van der Waals surface area (Å²) in [4.78, 5) is 0. The van der Waals surface area contributed by atoms with Gasteiger partial charge in [-0.2, -0.15) is 0 Å². The summed E-state index contributed by atoms with van der Waals surface area (Å²) in [5.41, 5.74) is 1.36. The van der Waals surface area contributed by atoms with Crippen LogP contribution in [0.2, 0.25) is 0 Å². The summed E-state index contributed by atoms with van der Waals surface area (Å²) in [7, 11) is -3.56. The molecule has 2 aromatic rings. The normalized spacial score (nSPS) is 11.5. The summed E-state index contributed by atoms with van der Waals surface area (Å²) in [5.74, 6) is 0. The smallest absolute Gasteiger partial charge is 0.271 e. The molecule has 0 aliphatic carbocycles. The number of hydrogen-bond acceptors (Lipinski definition) is 4. The highest BCUT2D eigenvalue weighted by atomic mass is 79.9. The molecule has 0 radical (unpaired) electrons. The average molecular weight is 376 g/mol. The van der Waals surface area contributed by atoms with Crippen molar-refractivity contribution >= 4 is 43.0 Å². The van der Waals surface area contributed by atoms with Crippen molar-refractivity contribution in [3.05, 3.63) is 45.7 Å². The molecule has 1 N–H and O–H groups in total. The Morgan fingerprint density at radius 2 is 2.00 bits per heavy atom. The first-order chi connectivity index (χ1) is 9.53. The predicted molar refractivity (Wildman–Crippen MR) is 84.6 cm³/mol. The second-order valence-electron chi connectivity index (χ2n) is 3.96. The van der Waals surface area contributed by atoms with Crippen LogP contribution in [0.5, 0.6) is 0 Å². The summed E-state index contributed by atoms with van der Waals surface area (Å²) in [6.07, 6.45) is 0. The van der Waals surface area contributed by atoms with Crippen molar-refractivity contribution in [1.82, 2.24) is 0 Å². The van der Waals surface area contributed by atoms with Gasteiger partial charge in [0, 0.05) is 12.2 Å². The van der Waals surface area contributed by atoms with Crippen molar-refractivity contribution in [1.29, 1.82) is 0 Å². The zero-order valence-corrected chi connectivity index (χ0v) is 14.0. The minimum Gasteiger partial charge on any atom is -0.377 e. The van der Waals surface area contributed by atoms with Gasteiger partial charge in [0.05, 0.1) is 16.1 Å². The molecule has 4 nitrogen and oxygen atoms in total. The molecule has 0 atom stereocenters. The maximum absolute atomic E-state index is 12.3. The van der Waals surface area contributed by atoms with Gasteiger partial charge in [0.15, 0.2) is 0 Å². The van der Waals surface area contributed by atoms with Crippen LogP contribution in [-0.2, 0) is 21.4 Å². The molecular formula is C13H14BrNO3S2. The van der Waals surface area contributed by atoms with Gasteiger partial charge in [0.2, 0.25) is 0 Å². The lowest BCUT2D eigenvalue weighted by atomic mass is 10.2. The van der Waals surface area contributed by atoms with Gasteiger partial charge >= 0.3 is 0 Å². The zero-order valence-electron chi connectivity index (χ0n) is 10.8. The first-order valence-electron chi connectivity index (χ1n) is 5.96. The lowest BCUT2D eigenvalue weighted by molar-refractivity contribution is 0.134. The maximum atomic E-state index is 12.3. The van der Waals surface area contributed by atoms with E-state index in [-0.39, 0.29) is 4.21 Å². The van der Waals surface area contributed by atoms with Gasteiger partial charge in [-0.3, -0.25) is 4.72 Å². The third-order valence-electron chi connectivity index (χ3n) is 2.54. The number of anilines is 1. The number of sulfonamides is 1. The SMILES string of the molecule is CCOCc1ccccc1NS(=O)(=O)c1ccc(Br)s1. The molecule has 7 heteroatoms. The fourth-order valence-corrected chi connectivity index (χ4v) is 4.71. The Kier molecular flexibility index (Phi) is 5.20. The first kappa shape index (κ1) is 15.5. The van der Waals surface area contributed by atoms with Crippen molar-refractivity contribution in [2.24, 2.45) is 0 Å². The third kappa shape index (κ3) is 3.82. The Morgan fingerprint density at radius 3 is 2.65 bits per heavy atom. The molecule has 0 unspecified atom stereocenters. The molecule has 0 saturated heterocycles. The van der Waals surface area contributed by atoms with E-state index < -0.39 is 10.0 Å². The number of thiophene rings is 1. The molecule has 20 heavy (non-hydrogen) atoms. The first-order valence-corrected chi connectivity index (χ1v) is 9.06. The lowest BCUT2D eigenvalue weighted by Crippen LogP contribution is -2.13. The van der Waals surface area contributed by atoms with E-state index in [1.54, 1.807) is 24.3 Å². The van der Waals surface area contributed by atoms with Crippen LogP contribution in [-0.4, -0.2) is 15.0 Å². The fourth-order valence-electron chi connectivity index (χ4n) is 1.59. The summed E-state index contributed by atoms with van der Waals surface area (Å²) in [6.45, 7) is 2.86. The highest BCUT2D eigenvalue weighted by molar-refractivity contribution is 9.11. The second kappa shape index (κ2) is 6.71. The number of para-hydroxylation sites is 1. The largest absolute Gasteiger partial charge is 0.377 e. The molecule has 1 aromatic heterocycles. The molecule has 0 amide bonds. The number of halogens is 1. The topological polar surface area (TPSA) is 55.4 Å². The Hall–Kier alpha value is -0.890. The van der Waals surface area contributed by atoms with Gasteiger partial charge < -0.3 is 4.74 Å². The van der Waals surface area contributed by atoms with Crippen LogP contribution >= 0.6 is 27.3 Å². The Bertz CT molecular complexity index is 682. The minimum atomic E-state index is -3.56. The van der Waals surface area contributed by atoms with Crippen LogP contribution < -0.4 is 4.72 Å². The van der Waals surface area contributed by atoms with E-state index in [1.165, 1.54) is 11.3 Å². The Labute approximate surface area is 131 Å². The molecule has 0 saturated carbocycles. The fraction of sp³-hybridized carbons (Fsp3) is 0.231. The van der Waals surface area contributed by atoms with Crippen LogP contribution in [0.1, 0.15) is 12.5 Å². The van der Waals surface area contributed by atoms with E-state index >= 15 is 0 Å². The van der Waals surface area contributed by atoms with E-state index in [9.17, 15) is 8.42 Å². The van der Waals surface area contributed by atoms with Crippen molar-refractivity contribution in [3.63, 3.8) is 0 Å². The molecule has 0 aliphatic rings. The van der Waals surface area contributed by atoms with E-state index in [0.717, 1.165) is 9.35 Å². The van der Waals surface area contributed by atoms with Crippen molar-refractivity contribution in [3.8, 4) is 0 Å². The van der Waals surface area contributed by atoms with Crippen molar-refractivity contribution in [2.45, 2.75) is 17.7 Å². The number of hydrogen-bond donors (Lipinski definition) is 1. The lowest BCUT2D eigenvalue weighted by Gasteiger charge is -2.11. The van der Waals surface area contributed by atoms with Gasteiger partial charge in [0.25, 0.3) is 10.0 Å². The monoisotopic (exact) mass is 375 g/mol. The van der Waals surface area contributed by atoms with E-state index in [1.807, 2.05) is 19.1 Å². The van der Waals surface area contributed by atoms with Gasteiger partial charge in [-0.05, 0) is 41.1 Å². The summed E-state index contributed by atoms with van der Waals surface area (Å²) < 4.78 is 33.6. The molecule has 1 aromatic carbocycles. The molecule has 0 bridgehead atoms. The zero-order chi connectivity index (χ0) is 14.6. The third-order valence-corrected chi connectivity index (χ3v) is 6.02. The predicted octanol–water partition coefficient (Wildman–Crippen LogP) is 3.85. The van der Waals surface area contributed by atoms with Crippen molar-refractivity contribution < 1.29 is 13.2 Å². The van der Waals surface area contributed by atoms with E-state index in [0.29, 0.717) is 18.9 Å². The number of rotatable bonds is 6. The summed E-state index contributed by atoms with van der Waals surface area (Å²) in [6, 6.07) is 10.5. The van der Waals surface area contributed by atoms with Gasteiger partial charge in [-0.25, -0.2) is 8.42 Å². The molecule has 0 aliphatic heterocycles.